The molecule has 1 saturated heterocycles. The second-order valence-electron chi connectivity index (χ2n) is 2.19. The second kappa shape index (κ2) is 2.28. The topological polar surface area (TPSA) is 62.7 Å². The Morgan fingerprint density at radius 3 is 3.09 bits per heavy atom. The molecule has 1 aliphatic rings. The van der Waals surface area contributed by atoms with Crippen molar-refractivity contribution in [3.8, 4) is 0 Å². The minimum absolute atomic E-state index is 0.0631. The van der Waals surface area contributed by atoms with Crippen LogP contribution < -0.4 is 0 Å². The average molecular weight is 171 g/mol. The van der Waals surface area contributed by atoms with E-state index in [1.54, 1.807) is 0 Å². The van der Waals surface area contributed by atoms with Gasteiger partial charge >= 0.3 is 5.97 Å². The number of carbonyl (C=O) groups is 1. The van der Waals surface area contributed by atoms with Crippen LogP contribution in [0, 0.1) is 0 Å². The van der Waals surface area contributed by atoms with Gasteiger partial charge in [-0.1, -0.05) is 0 Å². The molecule has 1 atom stereocenters. The first-order chi connectivity index (χ1) is 5.27. The standard InChI is InChI=1S/C6H5NO3S/c8-6(9)4-1-7-5(11-4)3-2-10-3/h1,3H,2H2,(H,8,9). The number of rotatable bonds is 2. The normalized spacial score (nSPS) is 21.6. The number of aromatic carboxylic acids is 1. The number of thiazole rings is 1. The van der Waals surface area contributed by atoms with Gasteiger partial charge in [0, 0.05) is 0 Å². The zero-order valence-corrected chi connectivity index (χ0v) is 6.30. The maximum absolute atomic E-state index is 10.4. The lowest BCUT2D eigenvalue weighted by Crippen LogP contribution is -1.89. The highest BCUT2D eigenvalue weighted by Gasteiger charge is 2.28. The van der Waals surface area contributed by atoms with Crippen molar-refractivity contribution < 1.29 is 14.6 Å². The molecule has 0 aliphatic carbocycles. The van der Waals surface area contributed by atoms with Crippen LogP contribution in [0.3, 0.4) is 0 Å². The lowest BCUT2D eigenvalue weighted by molar-refractivity contribution is 0.0702. The molecule has 58 valence electrons. The van der Waals surface area contributed by atoms with Crippen molar-refractivity contribution >= 4 is 17.3 Å². The lowest BCUT2D eigenvalue weighted by Gasteiger charge is -1.81. The second-order valence-corrected chi connectivity index (χ2v) is 3.25. The van der Waals surface area contributed by atoms with Gasteiger partial charge in [0.2, 0.25) is 0 Å². The third-order valence-electron chi connectivity index (χ3n) is 1.34. The maximum Gasteiger partial charge on any atom is 0.347 e. The van der Waals surface area contributed by atoms with Crippen molar-refractivity contribution in [3.05, 3.63) is 16.1 Å². The molecular weight excluding hydrogens is 166 g/mol. The van der Waals surface area contributed by atoms with E-state index in [4.69, 9.17) is 9.84 Å². The zero-order valence-electron chi connectivity index (χ0n) is 5.48. The number of carboxylic acids is 1. The van der Waals surface area contributed by atoms with E-state index in [2.05, 4.69) is 4.98 Å². The van der Waals surface area contributed by atoms with Crippen LogP contribution in [-0.4, -0.2) is 22.7 Å². The van der Waals surface area contributed by atoms with Crippen LogP contribution in [0.2, 0.25) is 0 Å². The molecular formula is C6H5NO3S. The molecule has 0 amide bonds. The maximum atomic E-state index is 10.4. The summed E-state index contributed by atoms with van der Waals surface area (Å²) in [5.41, 5.74) is 0. The molecule has 1 fully saturated rings. The molecule has 1 aromatic rings. The molecule has 5 heteroatoms. The summed E-state index contributed by atoms with van der Waals surface area (Å²) in [4.78, 5) is 14.6. The minimum atomic E-state index is -0.922. The molecule has 1 aliphatic heterocycles. The van der Waals surface area contributed by atoms with Crippen LogP contribution in [-0.2, 0) is 4.74 Å². The predicted octanol–water partition coefficient (Wildman–Crippen LogP) is 0.913. The van der Waals surface area contributed by atoms with Crippen molar-refractivity contribution in [3.63, 3.8) is 0 Å². The molecule has 0 aromatic carbocycles. The zero-order chi connectivity index (χ0) is 7.84. The molecule has 0 radical (unpaired) electrons. The number of hydrogen-bond acceptors (Lipinski definition) is 4. The fraction of sp³-hybridized carbons (Fsp3) is 0.333. The smallest absolute Gasteiger partial charge is 0.347 e. The fourth-order valence-electron chi connectivity index (χ4n) is 0.726. The predicted molar refractivity (Wildman–Crippen MR) is 37.8 cm³/mol. The highest BCUT2D eigenvalue weighted by Crippen LogP contribution is 2.32. The SMILES string of the molecule is O=C(O)c1cnc(C2CO2)s1. The fourth-order valence-corrected chi connectivity index (χ4v) is 1.52. The molecule has 0 saturated carbocycles. The third kappa shape index (κ3) is 1.24. The van der Waals surface area contributed by atoms with Gasteiger partial charge in [0.25, 0.3) is 0 Å². The summed E-state index contributed by atoms with van der Waals surface area (Å²) >= 11 is 1.18. The van der Waals surface area contributed by atoms with Crippen molar-refractivity contribution in [1.82, 2.24) is 4.98 Å². The molecule has 1 N–H and O–H groups in total. The molecule has 2 rings (SSSR count). The molecule has 2 heterocycles. The number of epoxide rings is 1. The van der Waals surface area contributed by atoms with Crippen LogP contribution in [0.1, 0.15) is 20.8 Å². The van der Waals surface area contributed by atoms with Crippen molar-refractivity contribution in [2.24, 2.45) is 0 Å². The lowest BCUT2D eigenvalue weighted by atomic mass is 10.5. The number of carboxylic acid groups (broad SMARTS) is 1. The Bertz CT molecular complexity index is 292. The first-order valence-electron chi connectivity index (χ1n) is 3.08. The molecule has 4 nitrogen and oxygen atoms in total. The number of aromatic nitrogens is 1. The van der Waals surface area contributed by atoms with Crippen molar-refractivity contribution in [2.45, 2.75) is 6.10 Å². The van der Waals surface area contributed by atoms with Gasteiger partial charge < -0.3 is 9.84 Å². The Morgan fingerprint density at radius 1 is 1.91 bits per heavy atom. The average Bonchev–Trinajstić information content (AvgIpc) is 2.68. The molecule has 1 aromatic heterocycles. The number of hydrogen-bond donors (Lipinski definition) is 1. The monoisotopic (exact) mass is 171 g/mol. The van der Waals surface area contributed by atoms with Gasteiger partial charge in [-0.05, 0) is 0 Å². The molecule has 1 unspecified atom stereocenters. The third-order valence-corrected chi connectivity index (χ3v) is 2.42. The van der Waals surface area contributed by atoms with E-state index in [1.165, 1.54) is 17.5 Å². The summed E-state index contributed by atoms with van der Waals surface area (Å²) in [6.45, 7) is 0.673. The summed E-state index contributed by atoms with van der Waals surface area (Å²) in [6.07, 6.45) is 1.43. The molecule has 11 heavy (non-hydrogen) atoms. The van der Waals surface area contributed by atoms with Gasteiger partial charge in [-0.15, -0.1) is 11.3 Å². The Kier molecular flexibility index (Phi) is 1.40. The summed E-state index contributed by atoms with van der Waals surface area (Å²) in [6, 6.07) is 0. The summed E-state index contributed by atoms with van der Waals surface area (Å²) in [7, 11) is 0. The van der Waals surface area contributed by atoms with Gasteiger partial charge in [-0.3, -0.25) is 0 Å². The van der Waals surface area contributed by atoms with E-state index in [9.17, 15) is 4.79 Å². The van der Waals surface area contributed by atoms with Gasteiger partial charge in [0.05, 0.1) is 12.8 Å². The van der Waals surface area contributed by atoms with Gasteiger partial charge in [0.1, 0.15) is 16.0 Å². The largest absolute Gasteiger partial charge is 0.477 e. The first kappa shape index (κ1) is 6.75. The first-order valence-corrected chi connectivity index (χ1v) is 3.89. The van der Waals surface area contributed by atoms with E-state index in [-0.39, 0.29) is 11.0 Å². The van der Waals surface area contributed by atoms with Crippen LogP contribution in [0.15, 0.2) is 6.20 Å². The van der Waals surface area contributed by atoms with E-state index < -0.39 is 5.97 Å². The van der Waals surface area contributed by atoms with Crippen LogP contribution in [0.25, 0.3) is 0 Å². The van der Waals surface area contributed by atoms with E-state index in [0.717, 1.165) is 5.01 Å². The Hall–Kier alpha value is -0.940. The van der Waals surface area contributed by atoms with Gasteiger partial charge in [0.15, 0.2) is 0 Å². The number of nitrogens with zero attached hydrogens (tertiary/aromatic N) is 1. The van der Waals surface area contributed by atoms with Crippen molar-refractivity contribution in [2.75, 3.05) is 6.61 Å². The summed E-state index contributed by atoms with van der Waals surface area (Å²) < 4.78 is 4.94. The Morgan fingerprint density at radius 2 is 2.64 bits per heavy atom. The molecule has 0 bridgehead atoms. The Labute approximate surface area is 66.4 Å². The van der Waals surface area contributed by atoms with E-state index in [1.807, 2.05) is 0 Å². The van der Waals surface area contributed by atoms with E-state index in [0.29, 0.717) is 6.61 Å². The van der Waals surface area contributed by atoms with Gasteiger partial charge in [-0.2, -0.15) is 0 Å². The summed E-state index contributed by atoms with van der Waals surface area (Å²) in [5.74, 6) is -0.922. The minimum Gasteiger partial charge on any atom is -0.477 e. The van der Waals surface area contributed by atoms with Crippen LogP contribution >= 0.6 is 11.3 Å². The van der Waals surface area contributed by atoms with E-state index >= 15 is 0 Å². The quantitative estimate of drug-likeness (QED) is 0.672. The van der Waals surface area contributed by atoms with Crippen molar-refractivity contribution in [1.29, 1.82) is 0 Å². The highest BCUT2D eigenvalue weighted by molar-refractivity contribution is 7.13. The van der Waals surface area contributed by atoms with Gasteiger partial charge in [-0.25, -0.2) is 9.78 Å². The molecule has 0 spiro atoms. The van der Waals surface area contributed by atoms with Crippen LogP contribution in [0.5, 0.6) is 0 Å². The highest BCUT2D eigenvalue weighted by atomic mass is 32.1. The van der Waals surface area contributed by atoms with Crippen LogP contribution in [0.4, 0.5) is 0 Å². The Balaban J connectivity index is 2.25. The number of ether oxygens (including phenoxy) is 1. The summed E-state index contributed by atoms with van der Waals surface area (Å²) in [5, 5.41) is 9.30.